The number of amidine groups is 1. The van der Waals surface area contributed by atoms with Gasteiger partial charge in [0.25, 0.3) is 11.5 Å². The molecule has 2 heterocycles. The molecule has 0 radical (unpaired) electrons. The van der Waals surface area contributed by atoms with Crippen LogP contribution >= 0.6 is 11.8 Å². The van der Waals surface area contributed by atoms with Crippen LogP contribution in [0.25, 0.3) is 10.8 Å². The SMILES string of the molecule is CC[C@H]1CSC(=Nc2ccc(C)cc2)N1C(=O)c1nn(C)c(=O)c2ccccc12. The minimum absolute atomic E-state index is 0.0366. The van der Waals surface area contributed by atoms with Gasteiger partial charge < -0.3 is 0 Å². The summed E-state index contributed by atoms with van der Waals surface area (Å²) in [5.41, 5.74) is 2.04. The van der Waals surface area contributed by atoms with E-state index in [0.717, 1.165) is 23.4 Å². The Morgan fingerprint density at radius 2 is 1.86 bits per heavy atom. The van der Waals surface area contributed by atoms with E-state index in [1.807, 2.05) is 37.3 Å². The number of aliphatic imine (C=N–C) groups is 1. The smallest absolute Gasteiger partial charge is 0.281 e. The molecule has 29 heavy (non-hydrogen) atoms. The van der Waals surface area contributed by atoms with Crippen LogP contribution in [0, 0.1) is 6.92 Å². The zero-order chi connectivity index (χ0) is 20.5. The van der Waals surface area contributed by atoms with Crippen LogP contribution in [0.2, 0.25) is 0 Å². The van der Waals surface area contributed by atoms with Crippen LogP contribution in [-0.2, 0) is 7.05 Å². The van der Waals surface area contributed by atoms with Crippen LogP contribution in [0.1, 0.15) is 29.4 Å². The molecule has 2 aromatic carbocycles. The van der Waals surface area contributed by atoms with E-state index < -0.39 is 0 Å². The average Bonchev–Trinajstić information content (AvgIpc) is 3.14. The van der Waals surface area contributed by atoms with Gasteiger partial charge in [0.15, 0.2) is 10.9 Å². The van der Waals surface area contributed by atoms with Gasteiger partial charge in [-0.15, -0.1) is 0 Å². The fourth-order valence-corrected chi connectivity index (χ4v) is 4.68. The third-order valence-electron chi connectivity index (χ3n) is 5.08. The third-order valence-corrected chi connectivity index (χ3v) is 6.18. The standard InChI is InChI=1S/C22H22N4O2S/c1-4-16-13-29-22(23-15-11-9-14(2)10-12-15)26(16)21(28)19-17-7-5-6-8-18(17)20(27)25(3)24-19/h5-12,16H,4,13H2,1-3H3/t16-/m0/s1. The lowest BCUT2D eigenvalue weighted by atomic mass is 10.1. The van der Waals surface area contributed by atoms with Gasteiger partial charge >= 0.3 is 0 Å². The minimum atomic E-state index is -0.223. The summed E-state index contributed by atoms with van der Waals surface area (Å²) in [6.07, 6.45) is 0.815. The monoisotopic (exact) mass is 406 g/mol. The van der Waals surface area contributed by atoms with E-state index in [0.29, 0.717) is 15.9 Å². The van der Waals surface area contributed by atoms with Crippen LogP contribution in [0.4, 0.5) is 5.69 Å². The number of amides is 1. The summed E-state index contributed by atoms with van der Waals surface area (Å²) >= 11 is 1.58. The third kappa shape index (κ3) is 3.58. The summed E-state index contributed by atoms with van der Waals surface area (Å²) in [5.74, 6) is 0.566. The second-order valence-electron chi connectivity index (χ2n) is 7.10. The van der Waals surface area contributed by atoms with E-state index in [-0.39, 0.29) is 23.2 Å². The zero-order valence-electron chi connectivity index (χ0n) is 16.6. The fourth-order valence-electron chi connectivity index (χ4n) is 3.41. The molecule has 7 heteroatoms. The maximum Gasteiger partial charge on any atom is 0.281 e. The number of benzene rings is 2. The fraction of sp³-hybridized carbons (Fsp3) is 0.273. The number of rotatable bonds is 3. The first-order chi connectivity index (χ1) is 14.0. The lowest BCUT2D eigenvalue weighted by Crippen LogP contribution is -2.40. The van der Waals surface area contributed by atoms with Crippen molar-refractivity contribution in [1.82, 2.24) is 14.7 Å². The van der Waals surface area contributed by atoms with Crippen molar-refractivity contribution in [1.29, 1.82) is 0 Å². The Morgan fingerprint density at radius 1 is 1.17 bits per heavy atom. The van der Waals surface area contributed by atoms with Gasteiger partial charge in [0.1, 0.15) is 0 Å². The molecule has 3 aromatic rings. The summed E-state index contributed by atoms with van der Waals surface area (Å²) in [5, 5.41) is 6.05. The van der Waals surface area contributed by atoms with Crippen LogP contribution in [-0.4, -0.2) is 37.5 Å². The predicted molar refractivity (Wildman–Crippen MR) is 118 cm³/mol. The van der Waals surface area contributed by atoms with Gasteiger partial charge in [0.05, 0.1) is 11.1 Å². The lowest BCUT2D eigenvalue weighted by molar-refractivity contribution is 0.0813. The molecule has 0 spiro atoms. The van der Waals surface area contributed by atoms with Crippen molar-refractivity contribution in [3.63, 3.8) is 0 Å². The number of fused-ring (bicyclic) bond motifs is 1. The molecule has 1 aliphatic heterocycles. The van der Waals surface area contributed by atoms with Crippen molar-refractivity contribution in [2.45, 2.75) is 26.3 Å². The van der Waals surface area contributed by atoms with Gasteiger partial charge in [-0.05, 0) is 31.5 Å². The van der Waals surface area contributed by atoms with E-state index >= 15 is 0 Å². The summed E-state index contributed by atoms with van der Waals surface area (Å²) in [4.78, 5) is 32.5. The number of aryl methyl sites for hydroxylation is 2. The van der Waals surface area contributed by atoms with Gasteiger partial charge in [0.2, 0.25) is 0 Å². The molecule has 1 fully saturated rings. The number of nitrogens with zero attached hydrogens (tertiary/aromatic N) is 4. The van der Waals surface area contributed by atoms with E-state index in [1.165, 1.54) is 4.68 Å². The molecular weight excluding hydrogens is 384 g/mol. The molecule has 6 nitrogen and oxygen atoms in total. The molecule has 0 aliphatic carbocycles. The Kier molecular flexibility index (Phi) is 5.24. The zero-order valence-corrected chi connectivity index (χ0v) is 17.4. The number of hydrogen-bond donors (Lipinski definition) is 0. The van der Waals surface area contributed by atoms with Gasteiger partial charge in [-0.3, -0.25) is 14.5 Å². The number of aromatic nitrogens is 2. The second kappa shape index (κ2) is 7.83. The van der Waals surface area contributed by atoms with Gasteiger partial charge in [-0.25, -0.2) is 9.67 Å². The molecule has 0 saturated carbocycles. The summed E-state index contributed by atoms with van der Waals surface area (Å²) in [7, 11) is 1.57. The van der Waals surface area contributed by atoms with E-state index in [2.05, 4.69) is 12.0 Å². The highest BCUT2D eigenvalue weighted by Crippen LogP contribution is 2.31. The summed E-state index contributed by atoms with van der Waals surface area (Å²) < 4.78 is 1.23. The Bertz CT molecular complexity index is 1170. The van der Waals surface area contributed by atoms with Gasteiger partial charge in [-0.1, -0.05) is 54.6 Å². The van der Waals surface area contributed by atoms with Crippen molar-refractivity contribution < 1.29 is 4.79 Å². The highest BCUT2D eigenvalue weighted by molar-refractivity contribution is 8.14. The maximum absolute atomic E-state index is 13.6. The topological polar surface area (TPSA) is 67.6 Å². The molecular formula is C22H22N4O2S. The van der Waals surface area contributed by atoms with Crippen molar-refractivity contribution in [2.75, 3.05) is 5.75 Å². The second-order valence-corrected chi connectivity index (χ2v) is 8.09. The lowest BCUT2D eigenvalue weighted by Gasteiger charge is -2.23. The largest absolute Gasteiger partial charge is 0.282 e. The van der Waals surface area contributed by atoms with Crippen molar-refractivity contribution in [3.05, 3.63) is 70.1 Å². The van der Waals surface area contributed by atoms with Crippen molar-refractivity contribution >= 4 is 39.3 Å². The summed E-state index contributed by atoms with van der Waals surface area (Å²) in [6, 6.07) is 15.1. The van der Waals surface area contributed by atoms with Crippen LogP contribution in [0.15, 0.2) is 58.3 Å². The number of hydrogen-bond acceptors (Lipinski definition) is 5. The number of thioether (sulfide) groups is 1. The maximum atomic E-state index is 13.6. The van der Waals surface area contributed by atoms with E-state index in [4.69, 9.17) is 4.99 Å². The quantitative estimate of drug-likeness (QED) is 0.662. The molecule has 1 atom stereocenters. The molecule has 0 unspecified atom stereocenters. The van der Waals surface area contributed by atoms with Gasteiger partial charge in [0, 0.05) is 24.2 Å². The summed E-state index contributed by atoms with van der Waals surface area (Å²) in [6.45, 7) is 4.09. The molecule has 0 N–H and O–H groups in total. The Balaban J connectivity index is 1.82. The first kappa shape index (κ1) is 19.4. The number of carbonyl (C=O) groups excluding carboxylic acids is 1. The van der Waals surface area contributed by atoms with E-state index in [9.17, 15) is 9.59 Å². The molecule has 4 rings (SSSR count). The molecule has 0 bridgehead atoms. The van der Waals surface area contributed by atoms with E-state index in [1.54, 1.807) is 41.9 Å². The molecule has 1 aliphatic rings. The average molecular weight is 407 g/mol. The van der Waals surface area contributed by atoms with Gasteiger partial charge in [-0.2, -0.15) is 5.10 Å². The molecule has 1 saturated heterocycles. The Labute approximate surface area is 173 Å². The van der Waals surface area contributed by atoms with Crippen molar-refractivity contribution in [2.24, 2.45) is 12.0 Å². The Hall–Kier alpha value is -2.93. The van der Waals surface area contributed by atoms with Crippen molar-refractivity contribution in [3.8, 4) is 0 Å². The van der Waals surface area contributed by atoms with Crippen LogP contribution in [0.3, 0.4) is 0 Å². The first-order valence-corrected chi connectivity index (χ1v) is 10.6. The molecule has 1 aromatic heterocycles. The highest BCUT2D eigenvalue weighted by atomic mass is 32.2. The predicted octanol–water partition coefficient (Wildman–Crippen LogP) is 3.90. The van der Waals surface area contributed by atoms with Crippen LogP contribution in [0.5, 0.6) is 0 Å². The normalized spacial score (nSPS) is 18.0. The highest BCUT2D eigenvalue weighted by Gasteiger charge is 2.36. The molecule has 1 amide bonds. The van der Waals surface area contributed by atoms with Crippen LogP contribution < -0.4 is 5.56 Å². The number of carbonyl (C=O) groups is 1. The minimum Gasteiger partial charge on any atom is -0.282 e. The Morgan fingerprint density at radius 3 is 2.55 bits per heavy atom. The molecule has 148 valence electrons. The first-order valence-electron chi connectivity index (χ1n) is 9.57.